The number of aromatic nitrogens is 2. The van der Waals surface area contributed by atoms with Crippen molar-refractivity contribution in [2.24, 2.45) is 0 Å². The van der Waals surface area contributed by atoms with E-state index < -0.39 is 0 Å². The minimum Gasteiger partial charge on any atom is -0.360 e. The number of benzene rings is 1. The Kier molecular flexibility index (Phi) is 7.01. The molecule has 0 aliphatic heterocycles. The lowest BCUT2D eigenvalue weighted by Crippen LogP contribution is -2.23. The molecule has 2 amide bonds. The predicted molar refractivity (Wildman–Crippen MR) is 97.9 cm³/mol. The fourth-order valence-electron chi connectivity index (χ4n) is 1.82. The molecular weight excluding hydrogens is 346 g/mol. The van der Waals surface area contributed by atoms with Gasteiger partial charge in [-0.2, -0.15) is 0 Å². The molecule has 0 aliphatic carbocycles. The molecule has 0 atom stereocenters. The topological polar surface area (TPSA) is 96.0 Å². The zero-order valence-corrected chi connectivity index (χ0v) is 15.1. The third-order valence-electron chi connectivity index (χ3n) is 2.81. The quantitative estimate of drug-likeness (QED) is 0.622. The van der Waals surface area contributed by atoms with E-state index in [2.05, 4.69) is 26.1 Å². The van der Waals surface area contributed by atoms with Crippen molar-refractivity contribution >= 4 is 45.7 Å². The summed E-state index contributed by atoms with van der Waals surface area (Å²) in [4.78, 5) is 23.8. The van der Waals surface area contributed by atoms with Crippen molar-refractivity contribution in [1.29, 1.82) is 0 Å². The molecule has 0 radical (unpaired) electrons. The maximum Gasteiger partial charge on any atom is 0.251 e. The monoisotopic (exact) mass is 365 g/mol. The second-order valence-corrected chi connectivity index (χ2v) is 6.88. The molecule has 2 rings (SSSR count). The van der Waals surface area contributed by atoms with Crippen LogP contribution in [0.15, 0.2) is 28.6 Å². The lowest BCUT2D eigenvalue weighted by molar-refractivity contribution is -0.113. The van der Waals surface area contributed by atoms with Gasteiger partial charge in [0.15, 0.2) is 4.34 Å². The van der Waals surface area contributed by atoms with E-state index in [9.17, 15) is 9.59 Å². The maximum absolute atomic E-state index is 12.0. The highest BCUT2D eigenvalue weighted by Crippen LogP contribution is 2.25. The first-order chi connectivity index (χ1) is 11.6. The lowest BCUT2D eigenvalue weighted by atomic mass is 10.2. The van der Waals surface area contributed by atoms with E-state index in [-0.39, 0.29) is 17.6 Å². The van der Waals surface area contributed by atoms with Crippen molar-refractivity contribution in [2.75, 3.05) is 29.5 Å². The largest absolute Gasteiger partial charge is 0.360 e. The molecule has 0 spiro atoms. The van der Waals surface area contributed by atoms with Crippen LogP contribution >= 0.6 is 23.1 Å². The van der Waals surface area contributed by atoms with E-state index in [1.165, 1.54) is 23.1 Å². The Morgan fingerprint density at radius 1 is 1.21 bits per heavy atom. The predicted octanol–water partition coefficient (Wildman–Crippen LogP) is 2.45. The number of nitrogens with zero attached hydrogens (tertiary/aromatic N) is 2. The van der Waals surface area contributed by atoms with E-state index in [1.54, 1.807) is 24.3 Å². The molecule has 7 nitrogen and oxygen atoms in total. The van der Waals surface area contributed by atoms with Gasteiger partial charge in [-0.1, -0.05) is 29.2 Å². The first-order valence-electron chi connectivity index (χ1n) is 7.50. The van der Waals surface area contributed by atoms with Crippen molar-refractivity contribution in [2.45, 2.75) is 18.2 Å². The summed E-state index contributed by atoms with van der Waals surface area (Å²) in [5, 5.41) is 17.3. The highest BCUT2D eigenvalue weighted by Gasteiger charge is 2.10. The van der Waals surface area contributed by atoms with Crippen molar-refractivity contribution in [3.63, 3.8) is 0 Å². The van der Waals surface area contributed by atoms with E-state index in [0.29, 0.717) is 17.8 Å². The van der Waals surface area contributed by atoms with Crippen LogP contribution in [-0.4, -0.2) is 40.9 Å². The molecule has 1 heterocycles. The number of hydrogen-bond acceptors (Lipinski definition) is 7. The van der Waals surface area contributed by atoms with Gasteiger partial charge in [-0.15, -0.1) is 10.2 Å². The Morgan fingerprint density at radius 2 is 2.04 bits per heavy atom. The second-order valence-electron chi connectivity index (χ2n) is 4.68. The summed E-state index contributed by atoms with van der Waals surface area (Å²) in [6.07, 6.45) is 0. The molecule has 0 aliphatic rings. The van der Waals surface area contributed by atoms with Crippen molar-refractivity contribution in [3.8, 4) is 0 Å². The molecule has 0 unspecified atom stereocenters. The molecular formula is C15H19N5O2S2. The fraction of sp³-hybridized carbons (Fsp3) is 0.333. The van der Waals surface area contributed by atoms with Gasteiger partial charge in [0.2, 0.25) is 11.0 Å². The molecule has 0 fully saturated rings. The molecule has 0 bridgehead atoms. The van der Waals surface area contributed by atoms with Gasteiger partial charge in [-0.05, 0) is 32.0 Å². The van der Waals surface area contributed by atoms with Gasteiger partial charge >= 0.3 is 0 Å². The number of carbonyl (C=O) groups is 2. The molecule has 24 heavy (non-hydrogen) atoms. The van der Waals surface area contributed by atoms with Gasteiger partial charge in [0.25, 0.3) is 5.91 Å². The van der Waals surface area contributed by atoms with Crippen LogP contribution in [0.2, 0.25) is 0 Å². The number of carbonyl (C=O) groups excluding carboxylic acids is 2. The molecule has 1 aromatic carbocycles. The zero-order chi connectivity index (χ0) is 17.4. The molecule has 2 aromatic rings. The number of thioether (sulfide) groups is 1. The standard InChI is InChI=1S/C15H19N5O2S2/c1-3-16-13(22)10-6-5-7-11(8-10)18-12(21)9-23-15-20-19-14(24-15)17-4-2/h5-8H,3-4,9H2,1-2H3,(H,16,22)(H,17,19)(H,18,21). The van der Waals surface area contributed by atoms with Gasteiger partial charge in [0, 0.05) is 24.3 Å². The SMILES string of the molecule is CCNC(=O)c1cccc(NC(=O)CSc2nnc(NCC)s2)c1. The van der Waals surface area contributed by atoms with Crippen LogP contribution in [0.4, 0.5) is 10.8 Å². The third-order valence-corrected chi connectivity index (χ3v) is 4.82. The first kappa shape index (κ1) is 18.2. The van der Waals surface area contributed by atoms with E-state index in [0.717, 1.165) is 16.0 Å². The van der Waals surface area contributed by atoms with Crippen LogP contribution in [0.5, 0.6) is 0 Å². The minimum atomic E-state index is -0.159. The average Bonchev–Trinajstić information content (AvgIpc) is 3.01. The van der Waals surface area contributed by atoms with Gasteiger partial charge in [-0.3, -0.25) is 9.59 Å². The highest BCUT2D eigenvalue weighted by atomic mass is 32.2. The van der Waals surface area contributed by atoms with Crippen LogP contribution in [0.3, 0.4) is 0 Å². The normalized spacial score (nSPS) is 10.2. The van der Waals surface area contributed by atoms with Crippen LogP contribution < -0.4 is 16.0 Å². The summed E-state index contributed by atoms with van der Waals surface area (Å²) in [5.41, 5.74) is 1.11. The Morgan fingerprint density at radius 3 is 2.79 bits per heavy atom. The van der Waals surface area contributed by atoms with Crippen molar-refractivity contribution in [3.05, 3.63) is 29.8 Å². The molecule has 3 N–H and O–H groups in total. The maximum atomic E-state index is 12.0. The summed E-state index contributed by atoms with van der Waals surface area (Å²) in [6, 6.07) is 6.85. The molecule has 128 valence electrons. The molecule has 0 saturated carbocycles. The molecule has 1 aromatic heterocycles. The van der Waals surface area contributed by atoms with Crippen molar-refractivity contribution in [1.82, 2.24) is 15.5 Å². The summed E-state index contributed by atoms with van der Waals surface area (Å²) in [6.45, 7) is 5.18. The van der Waals surface area contributed by atoms with Gasteiger partial charge in [0.05, 0.1) is 5.75 Å². The minimum absolute atomic E-state index is 0.159. The smallest absolute Gasteiger partial charge is 0.251 e. The van der Waals surface area contributed by atoms with Gasteiger partial charge in [0.1, 0.15) is 0 Å². The van der Waals surface area contributed by atoms with Crippen LogP contribution in [0.1, 0.15) is 24.2 Å². The number of anilines is 2. The summed E-state index contributed by atoms with van der Waals surface area (Å²) < 4.78 is 0.733. The second kappa shape index (κ2) is 9.24. The molecule has 9 heteroatoms. The highest BCUT2D eigenvalue weighted by molar-refractivity contribution is 8.01. The first-order valence-corrected chi connectivity index (χ1v) is 9.30. The number of rotatable bonds is 8. The van der Waals surface area contributed by atoms with Crippen molar-refractivity contribution < 1.29 is 9.59 Å². The van der Waals surface area contributed by atoms with Crippen LogP contribution in [0, 0.1) is 0 Å². The van der Waals surface area contributed by atoms with E-state index in [1.807, 2.05) is 13.8 Å². The number of amides is 2. The Hall–Kier alpha value is -2.13. The third kappa shape index (κ3) is 5.50. The molecule has 0 saturated heterocycles. The van der Waals surface area contributed by atoms with Crippen LogP contribution in [-0.2, 0) is 4.79 Å². The zero-order valence-electron chi connectivity index (χ0n) is 13.5. The summed E-state index contributed by atoms with van der Waals surface area (Å²) in [7, 11) is 0. The Labute approximate surface area is 148 Å². The van der Waals surface area contributed by atoms with E-state index in [4.69, 9.17) is 0 Å². The van der Waals surface area contributed by atoms with E-state index >= 15 is 0 Å². The Balaban J connectivity index is 1.87. The summed E-state index contributed by atoms with van der Waals surface area (Å²) in [5.74, 6) is -0.0902. The van der Waals surface area contributed by atoms with Gasteiger partial charge < -0.3 is 16.0 Å². The Bertz CT molecular complexity index is 705. The lowest BCUT2D eigenvalue weighted by Gasteiger charge is -2.07. The number of nitrogens with one attached hydrogen (secondary N) is 3. The van der Waals surface area contributed by atoms with Crippen LogP contribution in [0.25, 0.3) is 0 Å². The summed E-state index contributed by atoms with van der Waals surface area (Å²) >= 11 is 2.74. The van der Waals surface area contributed by atoms with Gasteiger partial charge in [-0.25, -0.2) is 0 Å². The average molecular weight is 365 g/mol. The number of hydrogen-bond donors (Lipinski definition) is 3. The fourth-order valence-corrected chi connectivity index (χ4v) is 3.44.